The molecule has 30 heavy (non-hydrogen) atoms. The largest absolute Gasteiger partial charge is 0.493 e. The van der Waals surface area contributed by atoms with Crippen LogP contribution in [-0.4, -0.2) is 28.1 Å². The van der Waals surface area contributed by atoms with Gasteiger partial charge in [-0.1, -0.05) is 25.9 Å². The summed E-state index contributed by atoms with van der Waals surface area (Å²) in [6.45, 7) is 10.1. The van der Waals surface area contributed by atoms with Crippen molar-refractivity contribution in [3.63, 3.8) is 0 Å². The second-order valence-electron chi connectivity index (χ2n) is 7.96. The van der Waals surface area contributed by atoms with Gasteiger partial charge in [-0.2, -0.15) is 0 Å². The normalized spacial score (nSPS) is 11.3. The maximum absolute atomic E-state index is 12.6. The summed E-state index contributed by atoms with van der Waals surface area (Å²) in [4.78, 5) is 21.3. The number of benzene rings is 1. The first-order valence-corrected chi connectivity index (χ1v) is 9.55. The van der Waals surface area contributed by atoms with Crippen LogP contribution in [0.4, 0.5) is 5.69 Å². The fraction of sp³-hybridized carbons (Fsp3) is 0.364. The number of hydrogen-bond acceptors (Lipinski definition) is 7. The second kappa shape index (κ2) is 8.52. The number of nitrogens with zero attached hydrogens (tertiary/aromatic N) is 3. The van der Waals surface area contributed by atoms with E-state index in [1.54, 1.807) is 30.6 Å². The Balaban J connectivity index is 1.71. The van der Waals surface area contributed by atoms with Crippen molar-refractivity contribution in [2.75, 3.05) is 12.4 Å². The van der Waals surface area contributed by atoms with Crippen LogP contribution in [0.3, 0.4) is 0 Å². The Morgan fingerprint density at radius 1 is 1.13 bits per heavy atom. The van der Waals surface area contributed by atoms with Gasteiger partial charge in [0.1, 0.15) is 18.2 Å². The lowest BCUT2D eigenvalue weighted by atomic mass is 9.96. The number of ether oxygens (including phenoxy) is 2. The van der Waals surface area contributed by atoms with Crippen LogP contribution in [0.2, 0.25) is 0 Å². The van der Waals surface area contributed by atoms with Gasteiger partial charge in [0.25, 0.3) is 5.91 Å². The highest BCUT2D eigenvalue weighted by molar-refractivity contribution is 6.04. The number of anilines is 1. The van der Waals surface area contributed by atoms with Crippen LogP contribution in [0.1, 0.15) is 54.0 Å². The van der Waals surface area contributed by atoms with Gasteiger partial charge in [-0.15, -0.1) is 0 Å². The van der Waals surface area contributed by atoms with E-state index in [0.717, 1.165) is 11.3 Å². The molecule has 1 N–H and O–H groups in total. The molecule has 158 valence electrons. The summed E-state index contributed by atoms with van der Waals surface area (Å²) >= 11 is 0. The van der Waals surface area contributed by atoms with Crippen LogP contribution in [0.5, 0.6) is 11.5 Å². The van der Waals surface area contributed by atoms with E-state index in [9.17, 15) is 4.79 Å². The topological polar surface area (TPSA) is 99.4 Å². The number of hydrogen-bond donors (Lipinski definition) is 1. The Hall–Kier alpha value is -3.42. The first kappa shape index (κ1) is 21.3. The molecule has 2 heterocycles. The van der Waals surface area contributed by atoms with E-state index >= 15 is 0 Å². The monoisotopic (exact) mass is 410 g/mol. The lowest BCUT2D eigenvalue weighted by Gasteiger charge is -2.16. The zero-order chi connectivity index (χ0) is 21.9. The molecule has 0 radical (unpaired) electrons. The van der Waals surface area contributed by atoms with Crippen molar-refractivity contribution in [1.29, 1.82) is 0 Å². The van der Waals surface area contributed by atoms with Crippen LogP contribution in [-0.2, 0) is 12.0 Å². The van der Waals surface area contributed by atoms with E-state index in [4.69, 9.17) is 14.0 Å². The van der Waals surface area contributed by atoms with Crippen molar-refractivity contribution < 1.29 is 18.8 Å². The number of amides is 1. The van der Waals surface area contributed by atoms with Crippen molar-refractivity contribution in [3.8, 4) is 11.5 Å². The summed E-state index contributed by atoms with van der Waals surface area (Å²) in [7, 11) is 1.53. The number of nitrogens with one attached hydrogen (secondary N) is 1. The summed E-state index contributed by atoms with van der Waals surface area (Å²) in [5.74, 6) is 2.10. The van der Waals surface area contributed by atoms with Gasteiger partial charge in [0.2, 0.25) is 0 Å². The number of aryl methyl sites for hydroxylation is 2. The average molecular weight is 410 g/mol. The average Bonchev–Trinajstić information content (AvgIpc) is 3.03. The standard InChI is InChI=1S/C22H26N4O4/c1-13-17(14(2)30-26-13)12-29-18-8-7-15(9-19(18)28-6)20(27)25-16-10-23-21(24-11-16)22(3,4)5/h7-11H,12H2,1-6H3,(H,25,27). The molecule has 2 aromatic heterocycles. The summed E-state index contributed by atoms with van der Waals surface area (Å²) in [6.07, 6.45) is 3.20. The lowest BCUT2D eigenvalue weighted by Crippen LogP contribution is -2.17. The molecule has 3 aromatic rings. The number of carbonyl (C=O) groups is 1. The number of rotatable bonds is 6. The zero-order valence-corrected chi connectivity index (χ0v) is 18.1. The molecule has 0 atom stereocenters. The molecule has 0 saturated heterocycles. The molecular weight excluding hydrogens is 384 g/mol. The van der Waals surface area contributed by atoms with Gasteiger partial charge in [0, 0.05) is 11.0 Å². The van der Waals surface area contributed by atoms with E-state index in [2.05, 4.69) is 20.4 Å². The van der Waals surface area contributed by atoms with Crippen LogP contribution in [0, 0.1) is 13.8 Å². The predicted molar refractivity (Wildman–Crippen MR) is 112 cm³/mol. The molecular formula is C22H26N4O4. The number of carbonyl (C=O) groups excluding carboxylic acids is 1. The molecule has 8 heteroatoms. The fourth-order valence-corrected chi connectivity index (χ4v) is 2.77. The smallest absolute Gasteiger partial charge is 0.255 e. The molecule has 0 aliphatic heterocycles. The van der Waals surface area contributed by atoms with Gasteiger partial charge in [0.15, 0.2) is 11.5 Å². The number of aromatic nitrogens is 3. The minimum absolute atomic E-state index is 0.157. The Morgan fingerprint density at radius 3 is 2.40 bits per heavy atom. The van der Waals surface area contributed by atoms with Crippen LogP contribution < -0.4 is 14.8 Å². The third-order valence-electron chi connectivity index (χ3n) is 4.56. The minimum Gasteiger partial charge on any atom is -0.493 e. The van der Waals surface area contributed by atoms with Gasteiger partial charge < -0.3 is 19.3 Å². The molecule has 1 aromatic carbocycles. The van der Waals surface area contributed by atoms with Crippen molar-refractivity contribution in [2.24, 2.45) is 0 Å². The van der Waals surface area contributed by atoms with Gasteiger partial charge in [-0.25, -0.2) is 9.97 Å². The Bertz CT molecular complexity index is 1020. The SMILES string of the molecule is COc1cc(C(=O)Nc2cnc(C(C)(C)C)nc2)ccc1OCc1c(C)noc1C. The second-order valence-corrected chi connectivity index (χ2v) is 7.96. The molecule has 0 saturated carbocycles. The molecule has 0 spiro atoms. The number of methoxy groups -OCH3 is 1. The molecule has 0 bridgehead atoms. The molecule has 1 amide bonds. The van der Waals surface area contributed by atoms with Crippen molar-refractivity contribution in [2.45, 2.75) is 46.6 Å². The Kier molecular flexibility index (Phi) is 6.05. The van der Waals surface area contributed by atoms with Crippen LogP contribution >= 0.6 is 0 Å². The molecule has 3 rings (SSSR count). The molecule has 0 aliphatic rings. The zero-order valence-electron chi connectivity index (χ0n) is 18.1. The van der Waals surface area contributed by atoms with Crippen molar-refractivity contribution >= 4 is 11.6 Å². The Labute approximate surface area is 175 Å². The third-order valence-corrected chi connectivity index (χ3v) is 4.56. The van der Waals surface area contributed by atoms with Crippen molar-refractivity contribution in [1.82, 2.24) is 15.1 Å². The molecule has 0 unspecified atom stereocenters. The highest BCUT2D eigenvalue weighted by Crippen LogP contribution is 2.30. The maximum Gasteiger partial charge on any atom is 0.255 e. The molecule has 8 nitrogen and oxygen atoms in total. The van der Waals surface area contributed by atoms with Gasteiger partial charge in [-0.3, -0.25) is 4.79 Å². The highest BCUT2D eigenvalue weighted by Gasteiger charge is 2.18. The quantitative estimate of drug-likeness (QED) is 0.649. The summed E-state index contributed by atoms with van der Waals surface area (Å²) in [5, 5.41) is 6.71. The minimum atomic E-state index is -0.294. The third kappa shape index (κ3) is 4.76. The summed E-state index contributed by atoms with van der Waals surface area (Å²) < 4.78 is 16.4. The van der Waals surface area contributed by atoms with E-state index in [1.807, 2.05) is 34.6 Å². The van der Waals surface area contributed by atoms with Crippen LogP contribution in [0.15, 0.2) is 35.1 Å². The predicted octanol–water partition coefficient (Wildman–Crippen LogP) is 4.22. The first-order chi connectivity index (χ1) is 14.2. The van der Waals surface area contributed by atoms with Gasteiger partial charge in [0.05, 0.1) is 36.4 Å². The van der Waals surface area contributed by atoms with Gasteiger partial charge in [-0.05, 0) is 32.0 Å². The summed E-state index contributed by atoms with van der Waals surface area (Å²) in [6, 6.07) is 5.00. The van der Waals surface area contributed by atoms with E-state index in [-0.39, 0.29) is 11.3 Å². The van der Waals surface area contributed by atoms with Crippen molar-refractivity contribution in [3.05, 3.63) is 59.0 Å². The molecule has 0 fully saturated rings. The molecule has 0 aliphatic carbocycles. The highest BCUT2D eigenvalue weighted by atomic mass is 16.5. The van der Waals surface area contributed by atoms with Gasteiger partial charge >= 0.3 is 0 Å². The first-order valence-electron chi connectivity index (χ1n) is 9.55. The van der Waals surface area contributed by atoms with E-state index < -0.39 is 0 Å². The van der Waals surface area contributed by atoms with Crippen LogP contribution in [0.25, 0.3) is 0 Å². The Morgan fingerprint density at radius 2 is 1.83 bits per heavy atom. The summed E-state index contributed by atoms with van der Waals surface area (Å²) in [5.41, 5.74) is 2.46. The maximum atomic E-state index is 12.6. The van der Waals surface area contributed by atoms with E-state index in [0.29, 0.717) is 40.9 Å². The lowest BCUT2D eigenvalue weighted by molar-refractivity contribution is 0.102. The van der Waals surface area contributed by atoms with E-state index in [1.165, 1.54) is 7.11 Å². The fourth-order valence-electron chi connectivity index (χ4n) is 2.77.